The van der Waals surface area contributed by atoms with E-state index >= 15 is 0 Å². The number of rotatable bonds is 5. The molecule has 1 aromatic carbocycles. The first-order valence-corrected chi connectivity index (χ1v) is 7.29. The fraction of sp³-hybridized carbons (Fsp3) is 0.375. The van der Waals surface area contributed by atoms with E-state index in [-0.39, 0.29) is 11.7 Å². The smallest absolute Gasteiger partial charge is 0.357 e. The predicted molar refractivity (Wildman–Crippen MR) is 80.0 cm³/mol. The van der Waals surface area contributed by atoms with Crippen molar-refractivity contribution in [1.82, 2.24) is 4.98 Å². The molecule has 0 saturated carbocycles. The van der Waals surface area contributed by atoms with Crippen LogP contribution < -0.4 is 5.32 Å². The van der Waals surface area contributed by atoms with E-state index in [0.717, 1.165) is 19.1 Å². The van der Waals surface area contributed by atoms with E-state index < -0.39 is 11.6 Å². The van der Waals surface area contributed by atoms with Gasteiger partial charge in [0.2, 0.25) is 0 Å². The molecule has 116 valence electrons. The first-order chi connectivity index (χ1) is 10.6. The third kappa shape index (κ3) is 2.57. The average Bonchev–Trinajstić information content (AvgIpc) is 3.02. The molecule has 6 heteroatoms. The highest BCUT2D eigenvalue weighted by atomic mass is 16.5. The summed E-state index contributed by atoms with van der Waals surface area (Å²) < 4.78 is 11.2. The number of benzene rings is 1. The highest BCUT2D eigenvalue weighted by Gasteiger charge is 2.36. The Morgan fingerprint density at radius 2 is 2.27 bits per heavy atom. The van der Waals surface area contributed by atoms with Crippen molar-refractivity contribution in [2.24, 2.45) is 0 Å². The Balaban J connectivity index is 1.81. The summed E-state index contributed by atoms with van der Waals surface area (Å²) >= 11 is 0. The topological polar surface area (TPSA) is 84.6 Å². The van der Waals surface area contributed by atoms with Crippen molar-refractivity contribution in [3.63, 3.8) is 0 Å². The number of carboxylic acid groups (broad SMARTS) is 1. The Morgan fingerprint density at radius 1 is 1.45 bits per heavy atom. The molecule has 0 aliphatic carbocycles. The van der Waals surface area contributed by atoms with Crippen molar-refractivity contribution in [3.05, 3.63) is 47.3 Å². The molecule has 0 amide bonds. The second-order valence-corrected chi connectivity index (χ2v) is 5.30. The predicted octanol–water partition coefficient (Wildman–Crippen LogP) is 2.66. The minimum atomic E-state index is -1.11. The lowest BCUT2D eigenvalue weighted by Crippen LogP contribution is -2.41. The Bertz CT molecular complexity index is 682. The number of anilines is 1. The Hall–Kier alpha value is -2.34. The number of ether oxygens (including phenoxy) is 1. The van der Waals surface area contributed by atoms with Crippen LogP contribution in [0.3, 0.4) is 0 Å². The van der Waals surface area contributed by atoms with Gasteiger partial charge in [0.15, 0.2) is 5.69 Å². The molecule has 2 heterocycles. The fourth-order valence-corrected chi connectivity index (χ4v) is 2.85. The number of carboxylic acids is 1. The zero-order valence-corrected chi connectivity index (χ0v) is 12.3. The number of nitrogens with zero attached hydrogens (tertiary/aromatic N) is 1. The van der Waals surface area contributed by atoms with E-state index in [1.807, 2.05) is 12.1 Å². The summed E-state index contributed by atoms with van der Waals surface area (Å²) in [4.78, 5) is 14.7. The quantitative estimate of drug-likeness (QED) is 0.883. The number of nitrogens with one attached hydrogen (secondary N) is 1. The van der Waals surface area contributed by atoms with Crippen LogP contribution >= 0.6 is 0 Å². The maximum atomic E-state index is 10.8. The monoisotopic (exact) mass is 302 g/mol. The minimum absolute atomic E-state index is 0.113. The van der Waals surface area contributed by atoms with Crippen LogP contribution in [0.2, 0.25) is 0 Å². The van der Waals surface area contributed by atoms with Crippen LogP contribution in [-0.4, -0.2) is 29.2 Å². The number of carbonyl (C=O) groups is 1. The van der Waals surface area contributed by atoms with E-state index in [4.69, 9.17) is 14.3 Å². The van der Waals surface area contributed by atoms with Crippen LogP contribution in [-0.2, 0) is 16.8 Å². The molecule has 6 nitrogen and oxygen atoms in total. The van der Waals surface area contributed by atoms with Crippen LogP contribution in [0.1, 0.15) is 35.0 Å². The summed E-state index contributed by atoms with van der Waals surface area (Å²) in [5.74, 6) is -1.11. The molecule has 0 fully saturated rings. The number of hydrogen-bond acceptors (Lipinski definition) is 5. The molecule has 22 heavy (non-hydrogen) atoms. The van der Waals surface area contributed by atoms with Gasteiger partial charge in [0.05, 0.1) is 13.2 Å². The van der Waals surface area contributed by atoms with Crippen LogP contribution in [0.15, 0.2) is 34.9 Å². The summed E-state index contributed by atoms with van der Waals surface area (Å²) in [6.07, 6.45) is 2.82. The molecule has 0 radical (unpaired) electrons. The Morgan fingerprint density at radius 3 is 3.00 bits per heavy atom. The molecular formula is C16H18N2O4. The van der Waals surface area contributed by atoms with Gasteiger partial charge in [0, 0.05) is 0 Å². The average molecular weight is 302 g/mol. The van der Waals surface area contributed by atoms with Gasteiger partial charge < -0.3 is 19.6 Å². The molecule has 0 saturated heterocycles. The fourth-order valence-electron chi connectivity index (χ4n) is 2.85. The third-order valence-corrected chi connectivity index (χ3v) is 4.08. The maximum absolute atomic E-state index is 10.8. The molecule has 0 spiro atoms. The number of hydrogen-bond donors (Lipinski definition) is 2. The van der Waals surface area contributed by atoms with Gasteiger partial charge in [-0.05, 0) is 24.0 Å². The van der Waals surface area contributed by atoms with Gasteiger partial charge in [0.1, 0.15) is 11.9 Å². The lowest BCUT2D eigenvalue weighted by atomic mass is 9.84. The van der Waals surface area contributed by atoms with Gasteiger partial charge in [-0.1, -0.05) is 31.2 Å². The molecule has 2 N–H and O–H groups in total. The summed E-state index contributed by atoms with van der Waals surface area (Å²) in [5, 5.41) is 11.9. The van der Waals surface area contributed by atoms with Crippen LogP contribution in [0.25, 0.3) is 0 Å². The molecule has 1 unspecified atom stereocenters. The van der Waals surface area contributed by atoms with Crippen molar-refractivity contribution in [3.8, 4) is 0 Å². The zero-order chi connectivity index (χ0) is 15.6. The molecular weight excluding hydrogens is 284 g/mol. The summed E-state index contributed by atoms with van der Waals surface area (Å²) in [7, 11) is 0. The number of aromatic carboxylic acids is 1. The van der Waals surface area contributed by atoms with Gasteiger partial charge in [-0.3, -0.25) is 0 Å². The summed E-state index contributed by atoms with van der Waals surface area (Å²) in [6, 6.07) is 8.43. The van der Waals surface area contributed by atoms with Crippen molar-refractivity contribution in [2.75, 3.05) is 18.5 Å². The van der Waals surface area contributed by atoms with E-state index in [1.54, 1.807) is 0 Å². The molecule has 2 aromatic rings. The number of aromatic nitrogens is 1. The van der Waals surface area contributed by atoms with Gasteiger partial charge in [0.25, 0.3) is 6.01 Å². The van der Waals surface area contributed by atoms with Crippen LogP contribution in [0.5, 0.6) is 0 Å². The lowest BCUT2D eigenvalue weighted by molar-refractivity contribution is -0.0534. The highest BCUT2D eigenvalue weighted by molar-refractivity contribution is 5.85. The lowest BCUT2D eigenvalue weighted by Gasteiger charge is -2.38. The normalized spacial score (nSPS) is 20.4. The van der Waals surface area contributed by atoms with Gasteiger partial charge >= 0.3 is 5.97 Å². The summed E-state index contributed by atoms with van der Waals surface area (Å²) in [6.45, 7) is 3.21. The second-order valence-electron chi connectivity index (χ2n) is 5.30. The number of oxazole rings is 1. The van der Waals surface area contributed by atoms with Crippen molar-refractivity contribution < 1.29 is 19.1 Å². The molecule has 1 atom stereocenters. The Kier molecular flexibility index (Phi) is 3.85. The first kappa shape index (κ1) is 14.6. The molecule has 1 aliphatic heterocycles. The van der Waals surface area contributed by atoms with E-state index in [9.17, 15) is 4.79 Å². The molecule has 1 aliphatic rings. The van der Waals surface area contributed by atoms with Gasteiger partial charge in [-0.2, -0.15) is 4.98 Å². The van der Waals surface area contributed by atoms with Crippen LogP contribution in [0.4, 0.5) is 6.01 Å². The van der Waals surface area contributed by atoms with E-state index in [0.29, 0.717) is 13.2 Å². The molecule has 1 aromatic heterocycles. The second kappa shape index (κ2) is 5.81. The molecule has 0 bridgehead atoms. The van der Waals surface area contributed by atoms with Gasteiger partial charge in [-0.25, -0.2) is 4.79 Å². The third-order valence-electron chi connectivity index (χ3n) is 4.08. The first-order valence-electron chi connectivity index (χ1n) is 7.29. The van der Waals surface area contributed by atoms with Crippen molar-refractivity contribution in [1.29, 1.82) is 0 Å². The van der Waals surface area contributed by atoms with Crippen LogP contribution in [0, 0.1) is 0 Å². The Labute approximate surface area is 128 Å². The zero-order valence-electron chi connectivity index (χ0n) is 12.3. The van der Waals surface area contributed by atoms with Crippen molar-refractivity contribution in [2.45, 2.75) is 25.4 Å². The maximum Gasteiger partial charge on any atom is 0.357 e. The molecule has 3 rings (SSSR count). The SMILES string of the molecule is CCC1(CNc2nc(C(=O)O)co2)OCCc2ccccc21. The minimum Gasteiger partial charge on any atom is -0.476 e. The van der Waals surface area contributed by atoms with E-state index in [2.05, 4.69) is 29.4 Å². The standard InChI is InChI=1S/C16H18N2O4/c1-2-16(10-17-15-18-13(9-21-15)14(19)20)12-6-4-3-5-11(12)7-8-22-16/h3-6,9H,2,7-8,10H2,1H3,(H,17,18)(H,19,20). The largest absolute Gasteiger partial charge is 0.476 e. The van der Waals surface area contributed by atoms with Crippen molar-refractivity contribution >= 4 is 12.0 Å². The summed E-state index contributed by atoms with van der Waals surface area (Å²) in [5.41, 5.74) is 1.89. The number of fused-ring (bicyclic) bond motifs is 1. The highest BCUT2D eigenvalue weighted by Crippen LogP contribution is 2.36. The van der Waals surface area contributed by atoms with E-state index in [1.165, 1.54) is 11.1 Å². The van der Waals surface area contributed by atoms with Gasteiger partial charge in [-0.15, -0.1) is 0 Å².